The van der Waals surface area contributed by atoms with Gasteiger partial charge in [0.05, 0.1) is 12.8 Å². The van der Waals surface area contributed by atoms with Crippen molar-refractivity contribution < 1.29 is 4.74 Å². The molecule has 1 aromatic heterocycles. The molecule has 3 nitrogen and oxygen atoms in total. The predicted octanol–water partition coefficient (Wildman–Crippen LogP) is 5.55. The van der Waals surface area contributed by atoms with E-state index in [1.54, 1.807) is 7.11 Å². The van der Waals surface area contributed by atoms with Crippen molar-refractivity contribution in [2.24, 2.45) is 0 Å². The number of ether oxygens (including phenoxy) is 1. The van der Waals surface area contributed by atoms with Crippen molar-refractivity contribution in [3.05, 3.63) is 71.7 Å². The van der Waals surface area contributed by atoms with Gasteiger partial charge < -0.3 is 9.72 Å². The van der Waals surface area contributed by atoms with Gasteiger partial charge in [0.15, 0.2) is 0 Å². The molecule has 0 atom stereocenters. The maximum Gasteiger partial charge on any atom is 0.130 e. The summed E-state index contributed by atoms with van der Waals surface area (Å²) in [6.07, 6.45) is 5.96. The second kappa shape index (κ2) is 6.98. The first-order valence-electron chi connectivity index (χ1n) is 8.44. The van der Waals surface area contributed by atoms with Crippen molar-refractivity contribution in [3.63, 3.8) is 0 Å². The Hall–Kier alpha value is -2.81. The Balaban J connectivity index is 1.74. The van der Waals surface area contributed by atoms with Gasteiger partial charge in [-0.15, -0.1) is 0 Å². The van der Waals surface area contributed by atoms with Crippen LogP contribution in [0.15, 0.2) is 54.7 Å². The summed E-state index contributed by atoms with van der Waals surface area (Å²) in [6, 6.07) is 16.6. The molecule has 3 aromatic rings. The molecular formula is C22H24N2O. The number of imidazole rings is 1. The third-order valence-electron chi connectivity index (χ3n) is 4.19. The standard InChI is InChI=1S/C22H24N2O/c1-22(2,3)18-10-8-17(9-11-18)20-15-23-21(24-20)14-7-16-5-12-19(25-4)13-6-16/h5-15H,1-4H3,(H,23,24)/b14-7+. The second-order valence-corrected chi connectivity index (χ2v) is 7.10. The number of aromatic nitrogens is 2. The summed E-state index contributed by atoms with van der Waals surface area (Å²) < 4.78 is 5.17. The molecule has 0 spiro atoms. The molecule has 0 aliphatic rings. The SMILES string of the molecule is COc1ccc(/C=C/c2nc(-c3ccc(C(C)(C)C)cc3)c[nH]2)cc1. The van der Waals surface area contributed by atoms with Crippen LogP contribution in [0.5, 0.6) is 5.75 Å². The molecule has 0 unspecified atom stereocenters. The lowest BCUT2D eigenvalue weighted by Gasteiger charge is -2.18. The van der Waals surface area contributed by atoms with E-state index in [1.807, 2.05) is 42.6 Å². The van der Waals surface area contributed by atoms with E-state index in [-0.39, 0.29) is 5.41 Å². The molecule has 128 valence electrons. The summed E-state index contributed by atoms with van der Waals surface area (Å²) >= 11 is 0. The molecule has 3 heteroatoms. The van der Waals surface area contributed by atoms with Gasteiger partial charge in [-0.25, -0.2) is 4.98 Å². The summed E-state index contributed by atoms with van der Waals surface area (Å²) in [4.78, 5) is 7.87. The van der Waals surface area contributed by atoms with E-state index in [0.29, 0.717) is 0 Å². The number of hydrogen-bond acceptors (Lipinski definition) is 2. The number of methoxy groups -OCH3 is 1. The van der Waals surface area contributed by atoms with Crippen LogP contribution in [0.2, 0.25) is 0 Å². The fourth-order valence-electron chi connectivity index (χ4n) is 2.60. The van der Waals surface area contributed by atoms with Crippen molar-refractivity contribution in [2.75, 3.05) is 7.11 Å². The quantitative estimate of drug-likeness (QED) is 0.680. The van der Waals surface area contributed by atoms with E-state index in [0.717, 1.165) is 28.4 Å². The van der Waals surface area contributed by atoms with Crippen LogP contribution in [-0.2, 0) is 5.41 Å². The van der Waals surface area contributed by atoms with Crippen molar-refractivity contribution in [1.29, 1.82) is 0 Å². The molecule has 0 radical (unpaired) electrons. The largest absolute Gasteiger partial charge is 0.497 e. The highest BCUT2D eigenvalue weighted by Gasteiger charge is 2.13. The fourth-order valence-corrected chi connectivity index (χ4v) is 2.60. The van der Waals surface area contributed by atoms with E-state index in [4.69, 9.17) is 4.74 Å². The molecular weight excluding hydrogens is 308 g/mol. The van der Waals surface area contributed by atoms with Gasteiger partial charge >= 0.3 is 0 Å². The zero-order valence-electron chi connectivity index (χ0n) is 15.2. The summed E-state index contributed by atoms with van der Waals surface area (Å²) in [6.45, 7) is 6.66. The van der Waals surface area contributed by atoms with Crippen LogP contribution >= 0.6 is 0 Å². The molecule has 0 bridgehead atoms. The number of benzene rings is 2. The van der Waals surface area contributed by atoms with Crippen molar-refractivity contribution in [3.8, 4) is 17.0 Å². The first-order valence-corrected chi connectivity index (χ1v) is 8.44. The summed E-state index contributed by atoms with van der Waals surface area (Å²) in [5, 5.41) is 0. The zero-order chi connectivity index (χ0) is 17.9. The number of H-pyrrole nitrogens is 1. The van der Waals surface area contributed by atoms with E-state index in [1.165, 1.54) is 5.56 Å². The molecule has 1 heterocycles. The highest BCUT2D eigenvalue weighted by Crippen LogP contribution is 2.25. The normalized spacial score (nSPS) is 11.8. The van der Waals surface area contributed by atoms with Gasteiger partial charge in [0.2, 0.25) is 0 Å². The Morgan fingerprint density at radius 1 is 0.920 bits per heavy atom. The van der Waals surface area contributed by atoms with E-state index >= 15 is 0 Å². The summed E-state index contributed by atoms with van der Waals surface area (Å²) in [5.41, 5.74) is 4.67. The van der Waals surface area contributed by atoms with Crippen molar-refractivity contribution in [2.45, 2.75) is 26.2 Å². The van der Waals surface area contributed by atoms with Gasteiger partial charge in [0.25, 0.3) is 0 Å². The third kappa shape index (κ3) is 4.18. The first-order chi connectivity index (χ1) is 12.0. The summed E-state index contributed by atoms with van der Waals surface area (Å²) in [7, 11) is 1.67. The van der Waals surface area contributed by atoms with Gasteiger partial charge in [0.1, 0.15) is 11.6 Å². The van der Waals surface area contributed by atoms with E-state index < -0.39 is 0 Å². The third-order valence-corrected chi connectivity index (χ3v) is 4.19. The fraction of sp³-hybridized carbons (Fsp3) is 0.227. The minimum Gasteiger partial charge on any atom is -0.497 e. The molecule has 0 aliphatic heterocycles. The molecule has 0 saturated heterocycles. The Bertz CT molecular complexity index is 850. The molecule has 2 aromatic carbocycles. The minimum absolute atomic E-state index is 0.163. The first kappa shape index (κ1) is 17.0. The van der Waals surface area contributed by atoms with Crippen LogP contribution in [0.25, 0.3) is 23.4 Å². The van der Waals surface area contributed by atoms with Gasteiger partial charge in [-0.1, -0.05) is 63.2 Å². The zero-order valence-corrected chi connectivity index (χ0v) is 15.2. The highest BCUT2D eigenvalue weighted by molar-refractivity contribution is 5.69. The van der Waals surface area contributed by atoms with Crippen LogP contribution in [0.3, 0.4) is 0 Å². The van der Waals surface area contributed by atoms with E-state index in [2.05, 4.69) is 55.0 Å². The van der Waals surface area contributed by atoms with E-state index in [9.17, 15) is 0 Å². The molecule has 0 aliphatic carbocycles. The number of nitrogens with one attached hydrogen (secondary N) is 1. The Labute approximate surface area is 149 Å². The van der Waals surface area contributed by atoms with Crippen LogP contribution in [0, 0.1) is 0 Å². The van der Waals surface area contributed by atoms with Gasteiger partial charge in [-0.3, -0.25) is 0 Å². The monoisotopic (exact) mass is 332 g/mol. The summed E-state index contributed by atoms with van der Waals surface area (Å²) in [5.74, 6) is 1.70. The van der Waals surface area contributed by atoms with Gasteiger partial charge in [-0.05, 0) is 34.8 Å². The van der Waals surface area contributed by atoms with Crippen LogP contribution < -0.4 is 4.74 Å². The minimum atomic E-state index is 0.163. The predicted molar refractivity (Wildman–Crippen MR) is 105 cm³/mol. The van der Waals surface area contributed by atoms with Gasteiger partial charge in [0, 0.05) is 11.8 Å². The topological polar surface area (TPSA) is 37.9 Å². The Kier molecular flexibility index (Phi) is 4.75. The van der Waals surface area contributed by atoms with Crippen LogP contribution in [0.1, 0.15) is 37.7 Å². The Morgan fingerprint density at radius 3 is 2.20 bits per heavy atom. The number of rotatable bonds is 4. The van der Waals surface area contributed by atoms with Crippen LogP contribution in [-0.4, -0.2) is 17.1 Å². The maximum atomic E-state index is 5.17. The molecule has 0 fully saturated rings. The second-order valence-electron chi connectivity index (χ2n) is 7.10. The number of nitrogens with zero attached hydrogens (tertiary/aromatic N) is 1. The molecule has 0 saturated carbocycles. The molecule has 25 heavy (non-hydrogen) atoms. The smallest absolute Gasteiger partial charge is 0.130 e. The van der Waals surface area contributed by atoms with Crippen molar-refractivity contribution in [1.82, 2.24) is 9.97 Å². The molecule has 1 N–H and O–H groups in total. The lowest BCUT2D eigenvalue weighted by Crippen LogP contribution is -2.10. The number of hydrogen-bond donors (Lipinski definition) is 1. The molecule has 0 amide bonds. The lowest BCUT2D eigenvalue weighted by atomic mass is 9.86. The number of aromatic amines is 1. The van der Waals surface area contributed by atoms with Crippen molar-refractivity contribution >= 4 is 12.2 Å². The maximum absolute atomic E-state index is 5.17. The Morgan fingerprint density at radius 2 is 1.60 bits per heavy atom. The highest BCUT2D eigenvalue weighted by atomic mass is 16.5. The van der Waals surface area contributed by atoms with Gasteiger partial charge in [-0.2, -0.15) is 0 Å². The lowest BCUT2D eigenvalue weighted by molar-refractivity contribution is 0.415. The average Bonchev–Trinajstić information content (AvgIpc) is 3.09. The van der Waals surface area contributed by atoms with Crippen LogP contribution in [0.4, 0.5) is 0 Å². The average molecular weight is 332 g/mol. The molecule has 3 rings (SSSR count).